The van der Waals surface area contributed by atoms with Crippen molar-refractivity contribution in [3.05, 3.63) is 98.4 Å². The number of ether oxygens (including phenoxy) is 1. The van der Waals surface area contributed by atoms with E-state index in [1.807, 2.05) is 23.6 Å². The molecule has 0 aliphatic rings. The first-order chi connectivity index (χ1) is 17.9. The number of nitrogens with zero attached hydrogens (tertiary/aromatic N) is 4. The number of rotatable bonds is 9. The predicted molar refractivity (Wildman–Crippen MR) is 145 cm³/mol. The zero-order chi connectivity index (χ0) is 26.4. The lowest BCUT2D eigenvalue weighted by Crippen LogP contribution is -2.03. The molecule has 7 nitrogen and oxygen atoms in total. The van der Waals surface area contributed by atoms with Gasteiger partial charge in [-0.05, 0) is 84.9 Å². The highest BCUT2D eigenvalue weighted by atomic mass is 35.5. The van der Waals surface area contributed by atoms with E-state index < -0.39 is 5.97 Å². The molecule has 0 radical (unpaired) electrons. The molecule has 1 N–H and O–H groups in total. The fourth-order valence-corrected chi connectivity index (χ4v) is 4.62. The van der Waals surface area contributed by atoms with Gasteiger partial charge in [0.25, 0.3) is 0 Å². The standard InChI is InChI=1S/C27H20Cl2N4O3S/c1-2-33-25(19-7-9-21(28)10-8-19)31-32-27(33)37-24(26(34)35)14-20-13-22(29)11-12-23(20)36-16-18-5-3-17(15-30)4-6-18/h3-14H,2,16H2,1H3,(H,34,35)/b24-14-. The van der Waals surface area contributed by atoms with Gasteiger partial charge in [0.05, 0.1) is 11.6 Å². The van der Waals surface area contributed by atoms with Gasteiger partial charge in [-0.3, -0.25) is 0 Å². The van der Waals surface area contributed by atoms with Crippen molar-refractivity contribution < 1.29 is 14.6 Å². The minimum atomic E-state index is -1.12. The molecule has 186 valence electrons. The summed E-state index contributed by atoms with van der Waals surface area (Å²) in [6.45, 7) is 2.71. The third kappa shape index (κ3) is 6.52. The Balaban J connectivity index is 1.62. The van der Waals surface area contributed by atoms with Crippen molar-refractivity contribution in [3.8, 4) is 23.2 Å². The minimum absolute atomic E-state index is 0.0234. The summed E-state index contributed by atoms with van der Waals surface area (Å²) < 4.78 is 7.81. The van der Waals surface area contributed by atoms with E-state index in [2.05, 4.69) is 16.3 Å². The topological polar surface area (TPSA) is 101 Å². The molecule has 0 spiro atoms. The van der Waals surface area contributed by atoms with E-state index in [0.717, 1.165) is 22.9 Å². The molecule has 0 aliphatic carbocycles. The maximum Gasteiger partial charge on any atom is 0.342 e. The molecule has 0 atom stereocenters. The molecule has 1 heterocycles. The van der Waals surface area contributed by atoms with Crippen molar-refractivity contribution in [1.82, 2.24) is 14.8 Å². The predicted octanol–water partition coefficient (Wildman–Crippen LogP) is 6.94. The van der Waals surface area contributed by atoms with Crippen molar-refractivity contribution in [2.45, 2.75) is 25.2 Å². The number of hydrogen-bond acceptors (Lipinski definition) is 6. The molecule has 4 rings (SSSR count). The molecule has 0 amide bonds. The van der Waals surface area contributed by atoms with Crippen LogP contribution in [0.25, 0.3) is 17.5 Å². The maximum absolute atomic E-state index is 12.2. The molecule has 4 aromatic rings. The molecule has 37 heavy (non-hydrogen) atoms. The molecule has 1 aromatic heterocycles. The lowest BCUT2D eigenvalue weighted by atomic mass is 10.1. The monoisotopic (exact) mass is 550 g/mol. The second-order valence-electron chi connectivity index (χ2n) is 7.75. The zero-order valence-corrected chi connectivity index (χ0v) is 21.9. The number of hydrogen-bond donors (Lipinski definition) is 1. The van der Waals surface area contributed by atoms with Gasteiger partial charge in [0.15, 0.2) is 11.0 Å². The highest BCUT2D eigenvalue weighted by Crippen LogP contribution is 2.33. The van der Waals surface area contributed by atoms with Crippen LogP contribution in [0.15, 0.2) is 76.8 Å². The highest BCUT2D eigenvalue weighted by molar-refractivity contribution is 8.04. The molecule has 0 unspecified atom stereocenters. The van der Waals surface area contributed by atoms with Gasteiger partial charge < -0.3 is 14.4 Å². The summed E-state index contributed by atoms with van der Waals surface area (Å²) in [4.78, 5) is 12.2. The van der Waals surface area contributed by atoms with Crippen molar-refractivity contribution in [3.63, 3.8) is 0 Å². The molecule has 0 saturated heterocycles. The molecule has 0 aliphatic heterocycles. The molecule has 0 bridgehead atoms. The fraction of sp³-hybridized carbons (Fsp3) is 0.111. The number of aromatic nitrogens is 3. The van der Waals surface area contributed by atoms with E-state index in [4.69, 9.17) is 33.2 Å². The Labute approximate surface area is 227 Å². The molecule has 0 saturated carbocycles. The number of carboxylic acids is 1. The van der Waals surface area contributed by atoms with Crippen molar-refractivity contribution in [1.29, 1.82) is 5.26 Å². The van der Waals surface area contributed by atoms with Crippen LogP contribution in [0, 0.1) is 11.3 Å². The smallest absolute Gasteiger partial charge is 0.342 e. The normalized spacial score (nSPS) is 11.2. The van der Waals surface area contributed by atoms with E-state index >= 15 is 0 Å². The first-order valence-electron chi connectivity index (χ1n) is 11.1. The third-order valence-corrected chi connectivity index (χ3v) is 6.77. The summed E-state index contributed by atoms with van der Waals surface area (Å²) in [6.07, 6.45) is 1.50. The lowest BCUT2D eigenvalue weighted by Gasteiger charge is -2.11. The Hall–Kier alpha value is -3.77. The fourth-order valence-electron chi connectivity index (χ4n) is 3.44. The quantitative estimate of drug-likeness (QED) is 0.178. The van der Waals surface area contributed by atoms with Crippen LogP contribution in [0.4, 0.5) is 0 Å². The second kappa shape index (κ2) is 12.0. The van der Waals surface area contributed by atoms with Crippen LogP contribution in [0.1, 0.15) is 23.6 Å². The summed E-state index contributed by atoms with van der Waals surface area (Å²) in [5.41, 5.74) is 2.75. The van der Waals surface area contributed by atoms with Crippen LogP contribution in [0.5, 0.6) is 5.75 Å². The second-order valence-corrected chi connectivity index (χ2v) is 9.63. The Morgan fingerprint density at radius 2 is 1.78 bits per heavy atom. The molecule has 3 aromatic carbocycles. The van der Waals surface area contributed by atoms with Gasteiger partial charge in [0, 0.05) is 27.7 Å². The number of carbonyl (C=O) groups is 1. The van der Waals surface area contributed by atoms with Crippen molar-refractivity contribution in [2.75, 3.05) is 0 Å². The number of nitriles is 1. The average Bonchev–Trinajstić information content (AvgIpc) is 3.31. The van der Waals surface area contributed by atoms with E-state index in [1.54, 1.807) is 54.6 Å². The van der Waals surface area contributed by atoms with Crippen LogP contribution in [0.3, 0.4) is 0 Å². The van der Waals surface area contributed by atoms with Gasteiger partial charge in [0.1, 0.15) is 17.3 Å². The van der Waals surface area contributed by atoms with Gasteiger partial charge in [-0.1, -0.05) is 35.3 Å². The maximum atomic E-state index is 12.2. The third-order valence-electron chi connectivity index (χ3n) is 5.28. The molecule has 0 fully saturated rings. The highest BCUT2D eigenvalue weighted by Gasteiger charge is 2.19. The molecular weight excluding hydrogens is 531 g/mol. The summed E-state index contributed by atoms with van der Waals surface area (Å²) in [6, 6.07) is 21.3. The summed E-state index contributed by atoms with van der Waals surface area (Å²) in [5.74, 6) is -0.0470. The number of aliphatic carboxylic acids is 1. The zero-order valence-electron chi connectivity index (χ0n) is 19.6. The van der Waals surface area contributed by atoms with Crippen LogP contribution < -0.4 is 4.74 Å². The van der Waals surface area contributed by atoms with Crippen molar-refractivity contribution in [2.24, 2.45) is 0 Å². The molecular formula is C27H20Cl2N4O3S. The van der Waals surface area contributed by atoms with Gasteiger partial charge in [-0.2, -0.15) is 5.26 Å². The number of thioether (sulfide) groups is 1. The lowest BCUT2D eigenvalue weighted by molar-refractivity contribution is -0.131. The van der Waals surface area contributed by atoms with Crippen molar-refractivity contribution >= 4 is 47.0 Å². The van der Waals surface area contributed by atoms with Gasteiger partial charge in [-0.25, -0.2) is 4.79 Å². The van der Waals surface area contributed by atoms with Gasteiger partial charge in [0.2, 0.25) is 0 Å². The van der Waals surface area contributed by atoms with E-state index in [0.29, 0.717) is 44.4 Å². The van der Waals surface area contributed by atoms with E-state index in [1.165, 1.54) is 6.08 Å². The van der Waals surface area contributed by atoms with Gasteiger partial charge >= 0.3 is 5.97 Å². The SMILES string of the molecule is CCn1c(S/C(=C\c2cc(Cl)ccc2OCc2ccc(C#N)cc2)C(=O)O)nnc1-c1ccc(Cl)cc1. The van der Waals surface area contributed by atoms with E-state index in [9.17, 15) is 9.90 Å². The largest absolute Gasteiger partial charge is 0.488 e. The number of carboxylic acid groups (broad SMARTS) is 1. The Morgan fingerprint density at radius 1 is 1.08 bits per heavy atom. The molecule has 10 heteroatoms. The Kier molecular flexibility index (Phi) is 8.51. The summed E-state index contributed by atoms with van der Waals surface area (Å²) >= 11 is 13.2. The first kappa shape index (κ1) is 26.3. The van der Waals surface area contributed by atoms with Crippen LogP contribution in [0.2, 0.25) is 10.0 Å². The Morgan fingerprint density at radius 3 is 2.43 bits per heavy atom. The average molecular weight is 551 g/mol. The number of halogens is 2. The van der Waals surface area contributed by atoms with Gasteiger partial charge in [-0.15, -0.1) is 10.2 Å². The van der Waals surface area contributed by atoms with Crippen LogP contribution in [-0.2, 0) is 17.9 Å². The van der Waals surface area contributed by atoms with Crippen LogP contribution in [-0.4, -0.2) is 25.8 Å². The minimum Gasteiger partial charge on any atom is -0.488 e. The summed E-state index contributed by atoms with van der Waals surface area (Å²) in [5, 5.41) is 28.9. The van der Waals surface area contributed by atoms with E-state index in [-0.39, 0.29) is 11.5 Å². The summed E-state index contributed by atoms with van der Waals surface area (Å²) in [7, 11) is 0. The van der Waals surface area contributed by atoms with Crippen LogP contribution >= 0.6 is 35.0 Å². The Bertz CT molecular complexity index is 1490. The first-order valence-corrected chi connectivity index (χ1v) is 12.7. The number of benzene rings is 3.